The third-order valence-electron chi connectivity index (χ3n) is 6.87. The maximum absolute atomic E-state index is 12.9. The van der Waals surface area contributed by atoms with Crippen LogP contribution in [0.1, 0.15) is 164 Å². The van der Waals surface area contributed by atoms with Crippen molar-refractivity contribution < 1.29 is 38.6 Å². The van der Waals surface area contributed by atoms with Gasteiger partial charge in [-0.05, 0) is 60.8 Å². The van der Waals surface area contributed by atoms with E-state index in [1.165, 1.54) is 57.8 Å². The minimum atomic E-state index is -1.15. The number of carbonyl (C=O) groups is 5. The van der Waals surface area contributed by atoms with Crippen LogP contribution >= 0.6 is 0 Å². The molecular formula is C34H62N2O8. The predicted molar refractivity (Wildman–Crippen MR) is 172 cm³/mol. The Bertz CT molecular complexity index is 860. The van der Waals surface area contributed by atoms with E-state index in [2.05, 4.69) is 17.6 Å². The molecule has 2 amide bonds. The molecule has 0 aromatic rings. The number of carbonyl (C=O) groups excluding carboxylic acids is 4. The van der Waals surface area contributed by atoms with Gasteiger partial charge in [-0.15, -0.1) is 0 Å². The summed E-state index contributed by atoms with van der Waals surface area (Å²) in [7, 11) is 0. The fraction of sp³-hybridized carbons (Fsp3) is 0.853. The van der Waals surface area contributed by atoms with E-state index in [4.69, 9.17) is 14.6 Å². The predicted octanol–water partition coefficient (Wildman–Crippen LogP) is 6.77. The molecule has 0 fully saturated rings. The molecule has 44 heavy (non-hydrogen) atoms. The number of rotatable bonds is 24. The lowest BCUT2D eigenvalue weighted by Crippen LogP contribution is -2.46. The maximum Gasteiger partial charge on any atom is 0.329 e. The molecule has 0 bridgehead atoms. The normalized spacial score (nSPS) is 13.1. The average molecular weight is 627 g/mol. The molecule has 0 aliphatic heterocycles. The van der Waals surface area contributed by atoms with E-state index < -0.39 is 47.1 Å². The van der Waals surface area contributed by atoms with E-state index in [1.807, 2.05) is 0 Å². The van der Waals surface area contributed by atoms with E-state index in [-0.39, 0.29) is 38.0 Å². The van der Waals surface area contributed by atoms with Gasteiger partial charge in [0.05, 0.1) is 0 Å². The third kappa shape index (κ3) is 24.8. The molecule has 0 saturated carbocycles. The number of amides is 2. The largest absolute Gasteiger partial charge is 0.481 e. The van der Waals surface area contributed by atoms with Crippen molar-refractivity contribution in [1.29, 1.82) is 0 Å². The lowest BCUT2D eigenvalue weighted by molar-refractivity contribution is -0.160. The summed E-state index contributed by atoms with van der Waals surface area (Å²) < 4.78 is 10.8. The average Bonchev–Trinajstić information content (AvgIpc) is 2.89. The van der Waals surface area contributed by atoms with Crippen molar-refractivity contribution in [2.24, 2.45) is 0 Å². The van der Waals surface area contributed by atoms with Gasteiger partial charge in [0.1, 0.15) is 23.3 Å². The summed E-state index contributed by atoms with van der Waals surface area (Å²) in [5.74, 6) is -3.33. The van der Waals surface area contributed by atoms with Crippen molar-refractivity contribution in [2.75, 3.05) is 0 Å². The summed E-state index contributed by atoms with van der Waals surface area (Å²) >= 11 is 0. The molecule has 0 aliphatic rings. The van der Waals surface area contributed by atoms with E-state index in [0.717, 1.165) is 19.3 Å². The molecule has 0 radical (unpaired) electrons. The van der Waals surface area contributed by atoms with E-state index >= 15 is 0 Å². The van der Waals surface area contributed by atoms with Gasteiger partial charge in [0.2, 0.25) is 11.8 Å². The van der Waals surface area contributed by atoms with Crippen LogP contribution in [0.3, 0.4) is 0 Å². The van der Waals surface area contributed by atoms with Crippen molar-refractivity contribution in [3.63, 3.8) is 0 Å². The summed E-state index contributed by atoms with van der Waals surface area (Å²) in [6, 6.07) is -2.18. The Morgan fingerprint density at radius 2 is 0.886 bits per heavy atom. The van der Waals surface area contributed by atoms with Gasteiger partial charge in [0.15, 0.2) is 0 Å². The second kappa shape index (κ2) is 22.8. The molecule has 0 aliphatic carbocycles. The highest BCUT2D eigenvalue weighted by molar-refractivity contribution is 5.87. The number of nitrogens with one attached hydrogen (secondary N) is 2. The van der Waals surface area contributed by atoms with Crippen molar-refractivity contribution in [3.8, 4) is 0 Å². The smallest absolute Gasteiger partial charge is 0.329 e. The molecule has 10 heteroatoms. The molecule has 10 nitrogen and oxygen atoms in total. The first-order chi connectivity index (χ1) is 20.5. The third-order valence-corrected chi connectivity index (χ3v) is 6.87. The van der Waals surface area contributed by atoms with E-state index in [0.29, 0.717) is 6.42 Å². The lowest BCUT2D eigenvalue weighted by atomic mass is 10.0. The summed E-state index contributed by atoms with van der Waals surface area (Å²) in [4.78, 5) is 61.9. The van der Waals surface area contributed by atoms with Crippen LogP contribution in [0.15, 0.2) is 0 Å². The van der Waals surface area contributed by atoms with Gasteiger partial charge < -0.3 is 25.2 Å². The van der Waals surface area contributed by atoms with Crippen LogP contribution in [-0.4, -0.2) is 58.1 Å². The highest BCUT2D eigenvalue weighted by Crippen LogP contribution is 2.15. The van der Waals surface area contributed by atoms with Gasteiger partial charge in [-0.2, -0.15) is 0 Å². The first kappa shape index (κ1) is 41.4. The van der Waals surface area contributed by atoms with Crippen LogP contribution in [0.4, 0.5) is 0 Å². The lowest BCUT2D eigenvalue weighted by Gasteiger charge is -2.25. The number of unbranched alkanes of at least 4 members (excludes halogenated alkanes) is 12. The van der Waals surface area contributed by atoms with Crippen molar-refractivity contribution in [2.45, 2.75) is 187 Å². The maximum atomic E-state index is 12.9. The molecule has 0 rings (SSSR count). The number of carboxylic acid groups (broad SMARTS) is 1. The fourth-order valence-corrected chi connectivity index (χ4v) is 4.62. The van der Waals surface area contributed by atoms with Crippen molar-refractivity contribution >= 4 is 29.7 Å². The standard InChI is InChI=1S/C34H62N2O8/c1-8-9-10-11-12-13-14-15-16-17-18-19-20-21-28(37)35-26(31(41)43-33(2,3)4)22-24-29(38)36-27(23-25-30(39)40)32(42)44-34(5,6)7/h26-27H,8-25H2,1-7H3,(H,35,37)(H,36,38)(H,39,40)/t26-,27-/m0/s1. The van der Waals surface area contributed by atoms with Crippen LogP contribution in [-0.2, 0) is 33.4 Å². The summed E-state index contributed by atoms with van der Waals surface area (Å²) in [6.45, 7) is 12.4. The molecule has 0 aromatic carbocycles. The van der Waals surface area contributed by atoms with Crippen LogP contribution in [0.2, 0.25) is 0 Å². The van der Waals surface area contributed by atoms with Crippen LogP contribution in [0.5, 0.6) is 0 Å². The van der Waals surface area contributed by atoms with Crippen LogP contribution in [0, 0.1) is 0 Å². The van der Waals surface area contributed by atoms with Gasteiger partial charge in [-0.25, -0.2) is 9.59 Å². The minimum absolute atomic E-state index is 0.0366. The minimum Gasteiger partial charge on any atom is -0.481 e. The number of aliphatic carboxylic acids is 1. The van der Waals surface area contributed by atoms with Gasteiger partial charge in [-0.1, -0.05) is 84.0 Å². The number of esters is 2. The Morgan fingerprint density at radius 3 is 1.25 bits per heavy atom. The molecule has 2 atom stereocenters. The van der Waals surface area contributed by atoms with Crippen LogP contribution in [0.25, 0.3) is 0 Å². The summed E-state index contributed by atoms with van der Waals surface area (Å²) in [5.41, 5.74) is -1.60. The van der Waals surface area contributed by atoms with E-state index in [9.17, 15) is 24.0 Å². The number of ether oxygens (including phenoxy) is 2. The van der Waals surface area contributed by atoms with Gasteiger partial charge in [-0.3, -0.25) is 14.4 Å². The van der Waals surface area contributed by atoms with Crippen molar-refractivity contribution in [1.82, 2.24) is 10.6 Å². The Morgan fingerprint density at radius 1 is 0.545 bits per heavy atom. The molecule has 0 saturated heterocycles. The first-order valence-corrected chi connectivity index (χ1v) is 16.8. The molecule has 3 N–H and O–H groups in total. The molecule has 0 unspecified atom stereocenters. The Hall–Kier alpha value is -2.65. The highest BCUT2D eigenvalue weighted by Gasteiger charge is 2.30. The quantitative estimate of drug-likeness (QED) is 0.0786. The molecule has 0 heterocycles. The van der Waals surface area contributed by atoms with Crippen molar-refractivity contribution in [3.05, 3.63) is 0 Å². The number of carboxylic acids is 1. The zero-order chi connectivity index (χ0) is 33.6. The highest BCUT2D eigenvalue weighted by atomic mass is 16.6. The summed E-state index contributed by atoms with van der Waals surface area (Å²) in [5, 5.41) is 14.3. The molecule has 0 aromatic heterocycles. The monoisotopic (exact) mass is 626 g/mol. The van der Waals surface area contributed by atoms with Gasteiger partial charge in [0.25, 0.3) is 0 Å². The van der Waals surface area contributed by atoms with Crippen LogP contribution < -0.4 is 10.6 Å². The molecule has 0 spiro atoms. The number of hydrogen-bond acceptors (Lipinski definition) is 7. The summed E-state index contributed by atoms with van der Waals surface area (Å²) in [6.07, 6.45) is 15.2. The Kier molecular flexibility index (Phi) is 21.4. The Labute approximate surface area is 266 Å². The molecular weight excluding hydrogens is 564 g/mol. The number of hydrogen-bond donors (Lipinski definition) is 3. The van der Waals surface area contributed by atoms with Gasteiger partial charge >= 0.3 is 17.9 Å². The molecule has 256 valence electrons. The topological polar surface area (TPSA) is 148 Å². The van der Waals surface area contributed by atoms with Gasteiger partial charge in [0, 0.05) is 19.3 Å². The second-order valence-electron chi connectivity index (χ2n) is 13.8. The fourth-order valence-electron chi connectivity index (χ4n) is 4.62. The first-order valence-electron chi connectivity index (χ1n) is 16.8. The second-order valence-corrected chi connectivity index (χ2v) is 13.8. The Balaban J connectivity index is 4.74. The SMILES string of the molecule is CCCCCCCCCCCCCCCC(=O)N[C@@H](CCC(=O)N[C@@H](CCC(=O)O)C(=O)OC(C)(C)C)C(=O)OC(C)(C)C. The zero-order valence-electron chi connectivity index (χ0n) is 28.7. The zero-order valence-corrected chi connectivity index (χ0v) is 28.7. The van der Waals surface area contributed by atoms with E-state index in [1.54, 1.807) is 41.5 Å².